The van der Waals surface area contributed by atoms with Gasteiger partial charge in [0.15, 0.2) is 5.78 Å². The van der Waals surface area contributed by atoms with Crippen molar-refractivity contribution in [3.05, 3.63) is 28.2 Å². The van der Waals surface area contributed by atoms with Crippen LogP contribution in [0.5, 0.6) is 0 Å². The number of nitrogens with zero attached hydrogens (tertiary/aromatic N) is 1. The minimum absolute atomic E-state index is 0.0977. The average molecular weight is 266 g/mol. The Labute approximate surface area is 102 Å². The highest BCUT2D eigenvalue weighted by atomic mass is 35.5. The maximum Gasteiger partial charge on any atom is 0.190 e. The van der Waals surface area contributed by atoms with E-state index in [1.807, 2.05) is 0 Å². The first-order valence-corrected chi connectivity index (χ1v) is 5.25. The molecule has 0 spiro atoms. The molecule has 0 amide bonds. The summed E-state index contributed by atoms with van der Waals surface area (Å²) < 4.78 is 0. The van der Waals surface area contributed by atoms with Gasteiger partial charge < -0.3 is 0 Å². The molecule has 6 heteroatoms. The summed E-state index contributed by atoms with van der Waals surface area (Å²) in [4.78, 5) is 10.8. The fraction of sp³-hybridized carbons (Fsp3) is 0.111. The van der Waals surface area contributed by atoms with Crippen molar-refractivity contribution in [2.45, 2.75) is 0 Å². The van der Waals surface area contributed by atoms with Crippen molar-refractivity contribution < 1.29 is 4.79 Å². The van der Waals surface area contributed by atoms with E-state index in [0.717, 1.165) is 6.21 Å². The van der Waals surface area contributed by atoms with Gasteiger partial charge in [0, 0.05) is 5.02 Å². The minimum Gasteiger partial charge on any atom is -0.292 e. The van der Waals surface area contributed by atoms with Crippen LogP contribution in [-0.4, -0.2) is 17.9 Å². The largest absolute Gasteiger partial charge is 0.292 e. The van der Waals surface area contributed by atoms with Crippen LogP contribution in [0.25, 0.3) is 0 Å². The molecule has 0 aromatic heterocycles. The standard InChI is InChI=1S/C9H7Cl3N2O/c10-4-7(15)5-13-14-9-2-1-6(11)3-8(9)12/h1-3,5,14H,4H2/b13-5-. The van der Waals surface area contributed by atoms with Gasteiger partial charge in [0.2, 0.25) is 0 Å². The van der Waals surface area contributed by atoms with E-state index >= 15 is 0 Å². The molecule has 80 valence electrons. The molecular formula is C9H7Cl3N2O. The van der Waals surface area contributed by atoms with Gasteiger partial charge in [0.25, 0.3) is 0 Å². The second kappa shape index (κ2) is 5.95. The molecule has 0 saturated carbocycles. The Hall–Kier alpha value is -0.770. The molecule has 0 unspecified atom stereocenters. The highest BCUT2D eigenvalue weighted by Crippen LogP contribution is 2.25. The number of hydrazone groups is 1. The fourth-order valence-corrected chi connectivity index (χ4v) is 1.31. The van der Waals surface area contributed by atoms with E-state index in [0.29, 0.717) is 15.7 Å². The number of nitrogens with one attached hydrogen (secondary N) is 1. The second-order valence-electron chi connectivity index (χ2n) is 2.59. The van der Waals surface area contributed by atoms with Gasteiger partial charge in [0.05, 0.1) is 22.8 Å². The summed E-state index contributed by atoms with van der Waals surface area (Å²) in [6, 6.07) is 4.90. The third kappa shape index (κ3) is 4.08. The van der Waals surface area contributed by atoms with E-state index in [4.69, 9.17) is 34.8 Å². The van der Waals surface area contributed by atoms with Crippen LogP contribution < -0.4 is 5.43 Å². The van der Waals surface area contributed by atoms with Crippen LogP contribution in [0.2, 0.25) is 10.0 Å². The first-order chi connectivity index (χ1) is 7.13. The lowest BCUT2D eigenvalue weighted by Gasteiger charge is -2.02. The quantitative estimate of drug-likeness (QED) is 0.516. The summed E-state index contributed by atoms with van der Waals surface area (Å²) in [6.45, 7) is 0. The predicted molar refractivity (Wildman–Crippen MR) is 64.3 cm³/mol. The van der Waals surface area contributed by atoms with Crippen LogP contribution in [0.15, 0.2) is 23.3 Å². The van der Waals surface area contributed by atoms with E-state index in [1.165, 1.54) is 0 Å². The lowest BCUT2D eigenvalue weighted by atomic mass is 10.3. The fourth-order valence-electron chi connectivity index (χ4n) is 0.788. The van der Waals surface area contributed by atoms with E-state index in [1.54, 1.807) is 18.2 Å². The lowest BCUT2D eigenvalue weighted by molar-refractivity contribution is -0.110. The molecule has 0 saturated heterocycles. The van der Waals surface area contributed by atoms with Gasteiger partial charge in [-0.3, -0.25) is 10.2 Å². The third-order valence-corrected chi connectivity index (χ3v) is 2.27. The first-order valence-electron chi connectivity index (χ1n) is 3.96. The predicted octanol–water partition coefficient (Wildman–Crippen LogP) is 3.20. The Bertz CT molecular complexity index is 393. The van der Waals surface area contributed by atoms with Gasteiger partial charge >= 0.3 is 0 Å². The van der Waals surface area contributed by atoms with Crippen LogP contribution in [0, 0.1) is 0 Å². The molecule has 1 aromatic rings. The molecule has 0 aliphatic carbocycles. The van der Waals surface area contributed by atoms with Crippen molar-refractivity contribution in [2.75, 3.05) is 11.3 Å². The Morgan fingerprint density at radius 2 is 2.20 bits per heavy atom. The molecule has 0 aliphatic rings. The van der Waals surface area contributed by atoms with Crippen molar-refractivity contribution in [1.29, 1.82) is 0 Å². The van der Waals surface area contributed by atoms with Crippen molar-refractivity contribution in [3.63, 3.8) is 0 Å². The van der Waals surface area contributed by atoms with Crippen molar-refractivity contribution in [3.8, 4) is 0 Å². The van der Waals surface area contributed by atoms with Gasteiger partial charge in [-0.05, 0) is 18.2 Å². The number of rotatable bonds is 4. The Morgan fingerprint density at radius 1 is 1.47 bits per heavy atom. The monoisotopic (exact) mass is 264 g/mol. The maximum atomic E-state index is 10.8. The molecule has 0 fully saturated rings. The van der Waals surface area contributed by atoms with Gasteiger partial charge in [-0.1, -0.05) is 23.2 Å². The van der Waals surface area contributed by atoms with Crippen molar-refractivity contribution in [2.24, 2.45) is 5.10 Å². The zero-order valence-corrected chi connectivity index (χ0v) is 9.77. The number of Topliss-reactive ketones (excluding diaryl/α,β-unsaturated/α-hetero) is 1. The highest BCUT2D eigenvalue weighted by Gasteiger charge is 1.99. The number of carbonyl (C=O) groups excluding carboxylic acids is 1. The van der Waals surface area contributed by atoms with Gasteiger partial charge in [-0.15, -0.1) is 11.6 Å². The van der Waals surface area contributed by atoms with Crippen LogP contribution in [0.1, 0.15) is 0 Å². The summed E-state index contributed by atoms with van der Waals surface area (Å²) in [5, 5.41) is 4.63. The maximum absolute atomic E-state index is 10.8. The summed E-state index contributed by atoms with van der Waals surface area (Å²) in [7, 11) is 0. The molecule has 0 atom stereocenters. The number of carbonyl (C=O) groups is 1. The van der Waals surface area contributed by atoms with E-state index in [2.05, 4.69) is 10.5 Å². The van der Waals surface area contributed by atoms with Gasteiger partial charge in [-0.2, -0.15) is 5.10 Å². The summed E-state index contributed by atoms with van der Waals surface area (Å²) in [6.07, 6.45) is 1.10. The number of hydrogen-bond acceptors (Lipinski definition) is 3. The topological polar surface area (TPSA) is 41.5 Å². The zero-order chi connectivity index (χ0) is 11.3. The normalized spacial score (nSPS) is 10.6. The van der Waals surface area contributed by atoms with E-state index < -0.39 is 0 Å². The number of ketones is 1. The summed E-state index contributed by atoms with van der Waals surface area (Å²) in [5.41, 5.74) is 3.17. The van der Waals surface area contributed by atoms with E-state index in [9.17, 15) is 4.79 Å². The smallest absolute Gasteiger partial charge is 0.190 e. The van der Waals surface area contributed by atoms with Gasteiger partial charge in [-0.25, -0.2) is 0 Å². The van der Waals surface area contributed by atoms with Crippen molar-refractivity contribution in [1.82, 2.24) is 0 Å². The SMILES string of the molecule is O=C(/C=N\Nc1ccc(Cl)cc1Cl)CCl. The third-order valence-electron chi connectivity index (χ3n) is 1.46. The summed E-state index contributed by atoms with van der Waals surface area (Å²) in [5.74, 6) is -0.381. The molecular weight excluding hydrogens is 258 g/mol. The first kappa shape index (κ1) is 12.3. The van der Waals surface area contributed by atoms with Gasteiger partial charge in [0.1, 0.15) is 0 Å². The molecule has 1 N–H and O–H groups in total. The van der Waals surface area contributed by atoms with Crippen LogP contribution in [-0.2, 0) is 4.79 Å². The number of anilines is 1. The number of alkyl halides is 1. The molecule has 3 nitrogen and oxygen atoms in total. The Balaban J connectivity index is 2.65. The minimum atomic E-state index is -0.283. The van der Waals surface area contributed by atoms with Crippen LogP contribution in [0.3, 0.4) is 0 Å². The molecule has 15 heavy (non-hydrogen) atoms. The van der Waals surface area contributed by atoms with E-state index in [-0.39, 0.29) is 11.7 Å². The molecule has 0 heterocycles. The van der Waals surface area contributed by atoms with Crippen molar-refractivity contribution >= 4 is 52.5 Å². The molecule has 1 rings (SSSR count). The average Bonchev–Trinajstić information content (AvgIpc) is 2.21. The molecule has 0 bridgehead atoms. The zero-order valence-electron chi connectivity index (χ0n) is 7.51. The lowest BCUT2D eigenvalue weighted by Crippen LogP contribution is -2.02. The van der Waals surface area contributed by atoms with Crippen LogP contribution >= 0.6 is 34.8 Å². The second-order valence-corrected chi connectivity index (χ2v) is 3.71. The molecule has 1 aromatic carbocycles. The van der Waals surface area contributed by atoms with Crippen LogP contribution in [0.4, 0.5) is 5.69 Å². The Kier molecular flexibility index (Phi) is 4.88. The number of hydrogen-bond donors (Lipinski definition) is 1. The molecule has 0 radical (unpaired) electrons. The highest BCUT2D eigenvalue weighted by molar-refractivity contribution is 6.41. The molecule has 0 aliphatic heterocycles. The Morgan fingerprint density at radius 3 is 2.80 bits per heavy atom. The number of halogens is 3. The summed E-state index contributed by atoms with van der Waals surface area (Å²) >= 11 is 16.8. The number of benzene rings is 1.